The molecule has 2 aromatic carbocycles. The normalized spacial score (nSPS) is 12.1. The van der Waals surface area contributed by atoms with E-state index in [0.717, 1.165) is 10.5 Å². The van der Waals surface area contributed by atoms with E-state index in [1.165, 1.54) is 53.4 Å². The number of carboxylic acids is 1. The van der Waals surface area contributed by atoms with Crippen molar-refractivity contribution < 1.29 is 37.3 Å². The van der Waals surface area contributed by atoms with E-state index in [2.05, 4.69) is 10.3 Å². The van der Waals surface area contributed by atoms with Gasteiger partial charge in [-0.2, -0.15) is 0 Å². The smallest absolute Gasteiger partial charge is 0.304 e. The Kier molecular flexibility index (Phi) is 9.92. The first-order chi connectivity index (χ1) is 17.5. The summed E-state index contributed by atoms with van der Waals surface area (Å²) in [5.74, 6) is 0.141. The molecule has 3 rings (SSSR count). The van der Waals surface area contributed by atoms with Gasteiger partial charge in [0.2, 0.25) is 0 Å². The third-order valence-electron chi connectivity index (χ3n) is 4.63. The first kappa shape index (κ1) is 28.4. The highest BCUT2D eigenvalue weighted by molar-refractivity contribution is 8.01. The molecule has 0 unspecified atom stereocenters. The molecule has 0 bridgehead atoms. The molecule has 3 aromatic rings. The Morgan fingerprint density at radius 1 is 1.14 bits per heavy atom. The molecule has 2 N–H and O–H groups in total. The number of carboxylic acid groups (broad SMARTS) is 1. The molecular formula is C24H26N2O8S3. The van der Waals surface area contributed by atoms with E-state index in [1.54, 1.807) is 25.4 Å². The van der Waals surface area contributed by atoms with E-state index in [0.29, 0.717) is 34.7 Å². The number of carbonyl (C=O) groups is 2. The van der Waals surface area contributed by atoms with Crippen LogP contribution in [0.3, 0.4) is 0 Å². The molecule has 37 heavy (non-hydrogen) atoms. The van der Waals surface area contributed by atoms with Crippen LogP contribution in [0.25, 0.3) is 0 Å². The third kappa shape index (κ3) is 9.04. The number of sulfone groups is 1. The third-order valence-corrected chi connectivity index (χ3v) is 7.87. The second kappa shape index (κ2) is 12.9. The predicted octanol–water partition coefficient (Wildman–Crippen LogP) is 4.57. The standard InChI is InChI=1S/C24H26N2O8S3/c1-15(14-32-2)33-18-10-16(23(29)26-24-25-13-22(36-24)35-9-8-21(27)28)11-19(12-18)34-17-4-6-20(7-5-17)37(3,30)31/h4-7,10-13,15H,8-9,14H2,1-3H3,(H,27,28)(H,25,26,29)/t15-/m0/s1. The second-order valence-electron chi connectivity index (χ2n) is 7.85. The molecule has 1 heterocycles. The molecule has 13 heteroatoms. The van der Waals surface area contributed by atoms with Crippen LogP contribution in [0.1, 0.15) is 23.7 Å². The summed E-state index contributed by atoms with van der Waals surface area (Å²) in [5.41, 5.74) is 0.250. The van der Waals surface area contributed by atoms with Crippen LogP contribution < -0.4 is 14.8 Å². The highest BCUT2D eigenvalue weighted by Crippen LogP contribution is 2.31. The van der Waals surface area contributed by atoms with Crippen LogP contribution in [0.4, 0.5) is 5.13 Å². The summed E-state index contributed by atoms with van der Waals surface area (Å²) < 4.78 is 41.1. The molecule has 1 amide bonds. The topological polar surface area (TPSA) is 141 Å². The average Bonchev–Trinajstić information content (AvgIpc) is 3.25. The number of benzene rings is 2. The summed E-state index contributed by atoms with van der Waals surface area (Å²) in [6.45, 7) is 2.15. The van der Waals surface area contributed by atoms with Gasteiger partial charge in [0.25, 0.3) is 5.91 Å². The molecular weight excluding hydrogens is 540 g/mol. The maximum Gasteiger partial charge on any atom is 0.304 e. The Morgan fingerprint density at radius 3 is 2.49 bits per heavy atom. The molecule has 0 saturated carbocycles. The molecule has 0 aliphatic heterocycles. The summed E-state index contributed by atoms with van der Waals surface area (Å²) in [5, 5.41) is 11.9. The number of amides is 1. The Bertz CT molecular complexity index is 1340. The van der Waals surface area contributed by atoms with Crippen molar-refractivity contribution in [3.63, 3.8) is 0 Å². The van der Waals surface area contributed by atoms with Gasteiger partial charge >= 0.3 is 5.97 Å². The molecule has 0 aliphatic rings. The van der Waals surface area contributed by atoms with Crippen LogP contribution >= 0.6 is 23.1 Å². The van der Waals surface area contributed by atoms with Crippen LogP contribution in [-0.4, -0.2) is 62.2 Å². The van der Waals surface area contributed by atoms with Crippen molar-refractivity contribution in [3.8, 4) is 17.2 Å². The SMILES string of the molecule is COC[C@H](C)Oc1cc(Oc2ccc(S(C)(=O)=O)cc2)cc(C(=O)Nc2ncc(SCCC(=O)O)s2)c1. The summed E-state index contributed by atoms with van der Waals surface area (Å²) in [7, 11) is -1.79. The summed E-state index contributed by atoms with van der Waals surface area (Å²) >= 11 is 2.58. The number of thioether (sulfide) groups is 1. The van der Waals surface area contributed by atoms with Gasteiger partial charge in [0.15, 0.2) is 15.0 Å². The maximum absolute atomic E-state index is 13.0. The number of anilines is 1. The molecule has 0 aliphatic carbocycles. The fourth-order valence-corrected chi connectivity index (χ4v) is 5.52. The van der Waals surface area contributed by atoms with Gasteiger partial charge in [-0.1, -0.05) is 11.3 Å². The van der Waals surface area contributed by atoms with Crippen molar-refractivity contribution in [1.29, 1.82) is 0 Å². The highest BCUT2D eigenvalue weighted by Gasteiger charge is 2.15. The number of carbonyl (C=O) groups excluding carboxylic acids is 1. The number of methoxy groups -OCH3 is 1. The second-order valence-corrected chi connectivity index (χ2v) is 12.3. The van der Waals surface area contributed by atoms with Gasteiger partial charge in [-0.05, 0) is 43.3 Å². The van der Waals surface area contributed by atoms with Crippen molar-refractivity contribution in [2.24, 2.45) is 0 Å². The van der Waals surface area contributed by atoms with Gasteiger partial charge in [0, 0.05) is 30.7 Å². The first-order valence-electron chi connectivity index (χ1n) is 10.9. The first-order valence-corrected chi connectivity index (χ1v) is 14.6. The molecule has 0 fully saturated rings. The van der Waals surface area contributed by atoms with Gasteiger partial charge in [-0.3, -0.25) is 14.9 Å². The minimum Gasteiger partial charge on any atom is -0.488 e. The largest absolute Gasteiger partial charge is 0.488 e. The molecule has 1 aromatic heterocycles. The van der Waals surface area contributed by atoms with Crippen LogP contribution in [0.2, 0.25) is 0 Å². The van der Waals surface area contributed by atoms with Gasteiger partial charge in [0.1, 0.15) is 23.4 Å². The van der Waals surface area contributed by atoms with Crippen LogP contribution in [-0.2, 0) is 19.4 Å². The van der Waals surface area contributed by atoms with E-state index < -0.39 is 21.7 Å². The molecule has 1 atom stereocenters. The van der Waals surface area contributed by atoms with E-state index >= 15 is 0 Å². The number of thiazole rings is 1. The fraction of sp³-hybridized carbons (Fsp3) is 0.292. The molecule has 10 nitrogen and oxygen atoms in total. The number of hydrogen-bond donors (Lipinski definition) is 2. The van der Waals surface area contributed by atoms with Crippen molar-refractivity contribution in [2.45, 2.75) is 28.6 Å². The number of nitrogens with zero attached hydrogens (tertiary/aromatic N) is 1. The number of ether oxygens (including phenoxy) is 3. The van der Waals surface area contributed by atoms with Crippen LogP contribution in [0.5, 0.6) is 17.2 Å². The lowest BCUT2D eigenvalue weighted by Gasteiger charge is -2.16. The Morgan fingerprint density at radius 2 is 1.84 bits per heavy atom. The van der Waals surface area contributed by atoms with E-state index in [1.807, 2.05) is 6.92 Å². The zero-order valence-electron chi connectivity index (χ0n) is 20.3. The zero-order chi connectivity index (χ0) is 27.0. The van der Waals surface area contributed by atoms with Gasteiger partial charge < -0.3 is 19.3 Å². The van der Waals surface area contributed by atoms with Crippen molar-refractivity contribution in [1.82, 2.24) is 4.98 Å². The van der Waals surface area contributed by atoms with E-state index in [4.69, 9.17) is 19.3 Å². The number of aromatic nitrogens is 1. The lowest BCUT2D eigenvalue weighted by molar-refractivity contribution is -0.136. The van der Waals surface area contributed by atoms with Crippen LogP contribution in [0.15, 0.2) is 57.8 Å². The van der Waals surface area contributed by atoms with Gasteiger partial charge in [0.05, 0.1) is 28.3 Å². The summed E-state index contributed by atoms with van der Waals surface area (Å²) in [6, 6.07) is 10.6. The lowest BCUT2D eigenvalue weighted by Crippen LogP contribution is -2.18. The molecule has 0 saturated heterocycles. The van der Waals surface area contributed by atoms with Gasteiger partial charge in [-0.15, -0.1) is 11.8 Å². The fourth-order valence-electron chi connectivity index (χ4n) is 3.01. The molecule has 0 radical (unpaired) electrons. The Balaban J connectivity index is 1.79. The lowest BCUT2D eigenvalue weighted by atomic mass is 10.2. The number of hydrogen-bond acceptors (Lipinski definition) is 10. The zero-order valence-corrected chi connectivity index (χ0v) is 22.7. The average molecular weight is 567 g/mol. The summed E-state index contributed by atoms with van der Waals surface area (Å²) in [6.07, 6.45) is 2.43. The molecule has 198 valence electrons. The van der Waals surface area contributed by atoms with E-state index in [-0.39, 0.29) is 23.0 Å². The van der Waals surface area contributed by atoms with Crippen molar-refractivity contribution in [2.75, 3.05) is 31.0 Å². The van der Waals surface area contributed by atoms with E-state index in [9.17, 15) is 18.0 Å². The minimum atomic E-state index is -3.35. The van der Waals surface area contributed by atoms with Gasteiger partial charge in [-0.25, -0.2) is 13.4 Å². The monoisotopic (exact) mass is 566 g/mol. The highest BCUT2D eigenvalue weighted by atomic mass is 32.2. The molecule has 0 spiro atoms. The quantitative estimate of drug-likeness (QED) is 0.283. The Labute approximate surface area is 222 Å². The van der Waals surface area contributed by atoms with Crippen molar-refractivity contribution >= 4 is 49.9 Å². The predicted molar refractivity (Wildman–Crippen MR) is 141 cm³/mol. The minimum absolute atomic E-state index is 0.0261. The Hall–Kier alpha value is -3.13. The maximum atomic E-state index is 13.0. The number of rotatable bonds is 13. The summed E-state index contributed by atoms with van der Waals surface area (Å²) in [4.78, 5) is 28.1. The van der Waals surface area contributed by atoms with Crippen molar-refractivity contribution in [3.05, 3.63) is 54.2 Å². The number of aliphatic carboxylic acids is 1. The number of nitrogens with one attached hydrogen (secondary N) is 1. The van der Waals surface area contributed by atoms with Crippen LogP contribution in [0, 0.1) is 0 Å².